The molecule has 0 aliphatic carbocycles. The van der Waals surface area contributed by atoms with Crippen molar-refractivity contribution in [3.63, 3.8) is 0 Å². The van der Waals surface area contributed by atoms with Crippen LogP contribution in [0, 0.1) is 6.92 Å². The fraction of sp³-hybridized carbons (Fsp3) is 0.276. The Bertz CT molecular complexity index is 1260. The van der Waals surface area contributed by atoms with Gasteiger partial charge in [0, 0.05) is 17.8 Å². The third-order valence-electron chi connectivity index (χ3n) is 6.20. The van der Waals surface area contributed by atoms with Crippen LogP contribution in [-0.4, -0.2) is 42.5 Å². The van der Waals surface area contributed by atoms with Gasteiger partial charge < -0.3 is 20.1 Å². The molecule has 0 radical (unpaired) electrons. The number of hydrogen-bond donors (Lipinski definition) is 2. The molecule has 3 aromatic rings. The van der Waals surface area contributed by atoms with Crippen LogP contribution < -0.4 is 15.4 Å². The number of anilines is 1. The zero-order valence-corrected chi connectivity index (χ0v) is 21.2. The van der Waals surface area contributed by atoms with Gasteiger partial charge in [0.05, 0.1) is 13.7 Å². The fourth-order valence-electron chi connectivity index (χ4n) is 4.19. The van der Waals surface area contributed by atoms with Crippen LogP contribution in [-0.2, 0) is 16.1 Å². The number of carbonyl (C=O) groups excluding carboxylic acids is 3. The van der Waals surface area contributed by atoms with Crippen molar-refractivity contribution in [2.75, 3.05) is 19.0 Å². The van der Waals surface area contributed by atoms with Crippen molar-refractivity contribution in [1.29, 1.82) is 0 Å². The van der Waals surface area contributed by atoms with Gasteiger partial charge in [0.2, 0.25) is 5.91 Å². The van der Waals surface area contributed by atoms with E-state index in [2.05, 4.69) is 10.6 Å². The van der Waals surface area contributed by atoms with E-state index in [0.717, 1.165) is 17.5 Å². The molecule has 37 heavy (non-hydrogen) atoms. The van der Waals surface area contributed by atoms with Crippen LogP contribution in [0.5, 0.6) is 5.75 Å². The highest BCUT2D eigenvalue weighted by Gasteiger charge is 2.46. The lowest BCUT2D eigenvalue weighted by atomic mass is 10.00. The molecule has 1 aliphatic rings. The fourth-order valence-corrected chi connectivity index (χ4v) is 4.19. The average Bonchev–Trinajstić information content (AvgIpc) is 3.24. The molecule has 2 unspecified atom stereocenters. The molecule has 4 rings (SSSR count). The molecule has 2 atom stereocenters. The number of benzene rings is 3. The van der Waals surface area contributed by atoms with Gasteiger partial charge >= 0.3 is 6.09 Å². The monoisotopic (exact) mass is 501 g/mol. The summed E-state index contributed by atoms with van der Waals surface area (Å²) in [5, 5.41) is 5.78. The van der Waals surface area contributed by atoms with Crippen LogP contribution in [0.15, 0.2) is 72.8 Å². The molecular formula is C29H31N3O5. The Morgan fingerprint density at radius 1 is 1.03 bits per heavy atom. The molecule has 0 aromatic heterocycles. The number of cyclic esters (lactones) is 1. The van der Waals surface area contributed by atoms with Crippen LogP contribution in [0.2, 0.25) is 0 Å². The van der Waals surface area contributed by atoms with Crippen molar-refractivity contribution in [2.24, 2.45) is 0 Å². The van der Waals surface area contributed by atoms with E-state index in [1.54, 1.807) is 55.6 Å². The van der Waals surface area contributed by atoms with Gasteiger partial charge in [-0.1, -0.05) is 48.9 Å². The smallest absolute Gasteiger partial charge is 0.411 e. The third kappa shape index (κ3) is 6.09. The van der Waals surface area contributed by atoms with E-state index in [4.69, 9.17) is 9.47 Å². The van der Waals surface area contributed by atoms with E-state index in [1.165, 1.54) is 4.90 Å². The highest BCUT2D eigenvalue weighted by molar-refractivity contribution is 6.04. The number of amides is 3. The standard InChI is InChI=1S/C29H31N3O5/c1-4-16-30-28(34)25-26(37-29(35)32(25)18-20-10-8-19(2)9-11-20)22-6-5-7-23(17-22)31-27(33)21-12-14-24(36-3)15-13-21/h5-15,17,25-26H,4,16,18H2,1-3H3,(H,30,34)(H,31,33). The second kappa shape index (κ2) is 11.6. The quantitative estimate of drug-likeness (QED) is 0.437. The molecule has 2 N–H and O–H groups in total. The Hall–Kier alpha value is -4.33. The number of ether oxygens (including phenoxy) is 2. The van der Waals surface area contributed by atoms with Crippen molar-refractivity contribution in [1.82, 2.24) is 10.2 Å². The van der Waals surface area contributed by atoms with Crippen LogP contribution in [0.3, 0.4) is 0 Å². The Kier molecular flexibility index (Phi) is 8.08. The summed E-state index contributed by atoms with van der Waals surface area (Å²) in [6.45, 7) is 4.69. The number of hydrogen-bond acceptors (Lipinski definition) is 5. The molecule has 1 heterocycles. The summed E-state index contributed by atoms with van der Waals surface area (Å²) in [5.41, 5.74) is 3.62. The number of rotatable bonds is 9. The maximum atomic E-state index is 13.2. The summed E-state index contributed by atoms with van der Waals surface area (Å²) in [5.74, 6) is 0.0862. The molecular weight excluding hydrogens is 470 g/mol. The van der Waals surface area contributed by atoms with Gasteiger partial charge in [0.15, 0.2) is 12.1 Å². The van der Waals surface area contributed by atoms with Gasteiger partial charge in [-0.3, -0.25) is 14.5 Å². The summed E-state index contributed by atoms with van der Waals surface area (Å²) in [6, 6.07) is 20.8. The predicted molar refractivity (Wildman–Crippen MR) is 140 cm³/mol. The minimum Gasteiger partial charge on any atom is -0.497 e. The van der Waals surface area contributed by atoms with E-state index in [0.29, 0.717) is 29.1 Å². The van der Waals surface area contributed by atoms with Gasteiger partial charge in [0.1, 0.15) is 5.75 Å². The largest absolute Gasteiger partial charge is 0.497 e. The highest BCUT2D eigenvalue weighted by Crippen LogP contribution is 2.35. The number of aryl methyl sites for hydroxylation is 1. The minimum atomic E-state index is -0.854. The lowest BCUT2D eigenvalue weighted by molar-refractivity contribution is -0.126. The number of nitrogens with one attached hydrogen (secondary N) is 2. The molecule has 192 valence electrons. The Balaban J connectivity index is 1.57. The van der Waals surface area contributed by atoms with E-state index < -0.39 is 18.2 Å². The molecule has 1 fully saturated rings. The van der Waals surface area contributed by atoms with Crippen LogP contribution in [0.1, 0.15) is 46.5 Å². The first-order chi connectivity index (χ1) is 17.9. The van der Waals surface area contributed by atoms with Gasteiger partial charge in [-0.2, -0.15) is 0 Å². The summed E-state index contributed by atoms with van der Waals surface area (Å²) < 4.78 is 10.9. The zero-order valence-electron chi connectivity index (χ0n) is 21.2. The first-order valence-electron chi connectivity index (χ1n) is 12.3. The first kappa shape index (κ1) is 25.8. The predicted octanol–water partition coefficient (Wildman–Crippen LogP) is 4.84. The lowest BCUT2D eigenvalue weighted by Gasteiger charge is -2.24. The second-order valence-corrected chi connectivity index (χ2v) is 8.96. The third-order valence-corrected chi connectivity index (χ3v) is 6.20. The van der Waals surface area contributed by atoms with E-state index in [-0.39, 0.29) is 18.4 Å². The highest BCUT2D eigenvalue weighted by atomic mass is 16.6. The van der Waals surface area contributed by atoms with Crippen molar-refractivity contribution in [2.45, 2.75) is 39.0 Å². The molecule has 0 saturated carbocycles. The summed E-state index contributed by atoms with van der Waals surface area (Å²) in [6.07, 6.45) is -0.620. The maximum Gasteiger partial charge on any atom is 0.411 e. The summed E-state index contributed by atoms with van der Waals surface area (Å²) in [7, 11) is 1.56. The number of carbonyl (C=O) groups is 3. The minimum absolute atomic E-state index is 0.244. The molecule has 1 saturated heterocycles. The molecule has 8 heteroatoms. The molecule has 8 nitrogen and oxygen atoms in total. The number of nitrogens with zero attached hydrogens (tertiary/aromatic N) is 1. The normalized spacial score (nSPS) is 16.7. The van der Waals surface area contributed by atoms with Gasteiger partial charge in [-0.15, -0.1) is 0 Å². The lowest BCUT2D eigenvalue weighted by Crippen LogP contribution is -2.46. The van der Waals surface area contributed by atoms with Crippen molar-refractivity contribution >= 4 is 23.6 Å². The van der Waals surface area contributed by atoms with Crippen molar-refractivity contribution in [3.05, 3.63) is 95.1 Å². The van der Waals surface area contributed by atoms with Crippen LogP contribution in [0.25, 0.3) is 0 Å². The van der Waals surface area contributed by atoms with E-state index in [9.17, 15) is 14.4 Å². The van der Waals surface area contributed by atoms with Gasteiger partial charge in [-0.05, 0) is 60.9 Å². The van der Waals surface area contributed by atoms with Gasteiger partial charge in [0.25, 0.3) is 5.91 Å². The van der Waals surface area contributed by atoms with Crippen LogP contribution >= 0.6 is 0 Å². The summed E-state index contributed by atoms with van der Waals surface area (Å²) in [4.78, 5) is 40.4. The Labute approximate surface area is 216 Å². The number of methoxy groups -OCH3 is 1. The van der Waals surface area contributed by atoms with Crippen molar-refractivity contribution in [3.8, 4) is 5.75 Å². The topological polar surface area (TPSA) is 97.0 Å². The molecule has 3 amide bonds. The first-order valence-corrected chi connectivity index (χ1v) is 12.3. The van der Waals surface area contributed by atoms with E-state index in [1.807, 2.05) is 38.1 Å². The SMILES string of the molecule is CCCNC(=O)C1C(c2cccc(NC(=O)c3ccc(OC)cc3)c2)OC(=O)N1Cc1ccc(C)cc1. The van der Waals surface area contributed by atoms with Gasteiger partial charge in [-0.25, -0.2) is 4.79 Å². The Morgan fingerprint density at radius 2 is 1.76 bits per heavy atom. The summed E-state index contributed by atoms with van der Waals surface area (Å²) >= 11 is 0. The van der Waals surface area contributed by atoms with E-state index >= 15 is 0 Å². The average molecular weight is 502 g/mol. The Morgan fingerprint density at radius 3 is 2.43 bits per heavy atom. The molecule has 0 spiro atoms. The zero-order chi connectivity index (χ0) is 26.4. The van der Waals surface area contributed by atoms with Crippen LogP contribution in [0.4, 0.5) is 10.5 Å². The molecule has 1 aliphatic heterocycles. The molecule has 0 bridgehead atoms. The van der Waals surface area contributed by atoms with Crippen molar-refractivity contribution < 1.29 is 23.9 Å². The maximum absolute atomic E-state index is 13.2. The second-order valence-electron chi connectivity index (χ2n) is 8.96. The molecule has 3 aromatic carbocycles.